The second kappa shape index (κ2) is 7.15. The van der Waals surface area contributed by atoms with Gasteiger partial charge in [-0.1, -0.05) is 60.1 Å². The largest absolute Gasteiger partial charge is 0.367 e. The standard InChI is InChI=1S/C16H15ClN4O/c17-15-9-5-4-8-14(15)16(10-21-19-12-18-20-21)22-11-13-6-2-1-3-7-13/h1-9,12,16H,10-11H2/t16-/m0/s1. The molecule has 0 unspecified atom stereocenters. The van der Waals surface area contributed by atoms with E-state index in [1.54, 1.807) is 0 Å². The molecular formula is C16H15ClN4O. The molecule has 1 heterocycles. The zero-order valence-electron chi connectivity index (χ0n) is 11.8. The lowest BCUT2D eigenvalue weighted by atomic mass is 10.1. The van der Waals surface area contributed by atoms with Gasteiger partial charge < -0.3 is 4.74 Å². The Morgan fingerprint density at radius 1 is 1.05 bits per heavy atom. The lowest BCUT2D eigenvalue weighted by Gasteiger charge is -2.19. The summed E-state index contributed by atoms with van der Waals surface area (Å²) in [5.41, 5.74) is 2.02. The van der Waals surface area contributed by atoms with Crippen LogP contribution in [0.2, 0.25) is 5.02 Å². The molecule has 1 aromatic heterocycles. The molecule has 0 saturated carbocycles. The average molecular weight is 315 g/mol. The first-order valence-electron chi connectivity index (χ1n) is 6.93. The van der Waals surface area contributed by atoms with E-state index in [-0.39, 0.29) is 6.10 Å². The molecule has 5 nitrogen and oxygen atoms in total. The van der Waals surface area contributed by atoms with E-state index in [0.717, 1.165) is 11.1 Å². The molecule has 6 heteroatoms. The Hall–Kier alpha value is -2.24. The molecule has 112 valence electrons. The Balaban J connectivity index is 1.78. The summed E-state index contributed by atoms with van der Waals surface area (Å²) in [6, 6.07) is 17.6. The van der Waals surface area contributed by atoms with Gasteiger partial charge in [0.25, 0.3) is 0 Å². The Labute approximate surface area is 133 Å². The van der Waals surface area contributed by atoms with Gasteiger partial charge in [0.2, 0.25) is 0 Å². The van der Waals surface area contributed by atoms with Crippen LogP contribution in [0.5, 0.6) is 0 Å². The van der Waals surface area contributed by atoms with Crippen molar-refractivity contribution in [3.05, 3.63) is 77.1 Å². The van der Waals surface area contributed by atoms with Crippen LogP contribution < -0.4 is 0 Å². The summed E-state index contributed by atoms with van der Waals surface area (Å²) in [5, 5.41) is 12.3. The molecule has 0 saturated heterocycles. The van der Waals surface area contributed by atoms with Gasteiger partial charge in [0.05, 0.1) is 13.2 Å². The highest BCUT2D eigenvalue weighted by molar-refractivity contribution is 6.31. The van der Waals surface area contributed by atoms with E-state index < -0.39 is 0 Å². The average Bonchev–Trinajstić information content (AvgIpc) is 3.06. The van der Waals surface area contributed by atoms with E-state index in [1.807, 2.05) is 54.6 Å². The molecular weight excluding hydrogens is 300 g/mol. The van der Waals surface area contributed by atoms with Gasteiger partial charge >= 0.3 is 0 Å². The van der Waals surface area contributed by atoms with Crippen LogP contribution in [0, 0.1) is 0 Å². The molecule has 0 radical (unpaired) electrons. The third-order valence-electron chi connectivity index (χ3n) is 3.27. The van der Waals surface area contributed by atoms with Crippen LogP contribution in [0.1, 0.15) is 17.2 Å². The molecule has 0 aliphatic heterocycles. The lowest BCUT2D eigenvalue weighted by molar-refractivity contribution is 0.0227. The number of hydrogen-bond acceptors (Lipinski definition) is 4. The van der Waals surface area contributed by atoms with Gasteiger partial charge in [-0.05, 0) is 16.8 Å². The van der Waals surface area contributed by atoms with Crippen molar-refractivity contribution in [2.24, 2.45) is 0 Å². The van der Waals surface area contributed by atoms with E-state index >= 15 is 0 Å². The monoisotopic (exact) mass is 314 g/mol. The highest BCUT2D eigenvalue weighted by Gasteiger charge is 2.17. The molecule has 0 bridgehead atoms. The van der Waals surface area contributed by atoms with E-state index in [4.69, 9.17) is 16.3 Å². The molecule has 0 N–H and O–H groups in total. The first-order valence-corrected chi connectivity index (χ1v) is 7.31. The van der Waals surface area contributed by atoms with Crippen molar-refractivity contribution in [2.45, 2.75) is 19.3 Å². The van der Waals surface area contributed by atoms with Crippen molar-refractivity contribution < 1.29 is 4.74 Å². The minimum atomic E-state index is -0.247. The quantitative estimate of drug-likeness (QED) is 0.700. The van der Waals surface area contributed by atoms with Gasteiger partial charge in [-0.2, -0.15) is 4.80 Å². The number of rotatable bonds is 6. The van der Waals surface area contributed by atoms with E-state index in [1.165, 1.54) is 11.1 Å². The van der Waals surface area contributed by atoms with Crippen molar-refractivity contribution in [1.82, 2.24) is 20.2 Å². The molecule has 0 aliphatic rings. The molecule has 0 aliphatic carbocycles. The van der Waals surface area contributed by atoms with Gasteiger partial charge in [0.1, 0.15) is 6.10 Å². The summed E-state index contributed by atoms with van der Waals surface area (Å²) >= 11 is 6.30. The predicted octanol–water partition coefficient (Wildman–Crippen LogP) is 3.28. The third-order valence-corrected chi connectivity index (χ3v) is 3.61. The summed E-state index contributed by atoms with van der Waals surface area (Å²) in [5.74, 6) is 0. The van der Waals surface area contributed by atoms with Gasteiger partial charge in [-0.15, -0.1) is 10.2 Å². The molecule has 3 aromatic rings. The van der Waals surface area contributed by atoms with Crippen molar-refractivity contribution >= 4 is 11.6 Å². The molecule has 0 amide bonds. The number of halogens is 1. The highest BCUT2D eigenvalue weighted by Crippen LogP contribution is 2.27. The van der Waals surface area contributed by atoms with Crippen LogP contribution in [-0.4, -0.2) is 20.2 Å². The van der Waals surface area contributed by atoms with Crippen molar-refractivity contribution in [1.29, 1.82) is 0 Å². The summed E-state index contributed by atoms with van der Waals surface area (Å²) in [6.45, 7) is 0.946. The minimum absolute atomic E-state index is 0.247. The van der Waals surface area contributed by atoms with Crippen LogP contribution in [0.25, 0.3) is 0 Å². The smallest absolute Gasteiger partial charge is 0.162 e. The van der Waals surface area contributed by atoms with Crippen molar-refractivity contribution in [2.75, 3.05) is 0 Å². The maximum absolute atomic E-state index is 6.30. The van der Waals surface area contributed by atoms with Crippen LogP contribution in [0.3, 0.4) is 0 Å². The molecule has 0 fully saturated rings. The number of hydrogen-bond donors (Lipinski definition) is 0. The van der Waals surface area contributed by atoms with Crippen molar-refractivity contribution in [3.8, 4) is 0 Å². The van der Waals surface area contributed by atoms with E-state index in [0.29, 0.717) is 18.2 Å². The van der Waals surface area contributed by atoms with Crippen LogP contribution in [-0.2, 0) is 17.9 Å². The van der Waals surface area contributed by atoms with E-state index in [9.17, 15) is 0 Å². The topological polar surface area (TPSA) is 52.8 Å². The summed E-state index contributed by atoms with van der Waals surface area (Å²) < 4.78 is 6.06. The Morgan fingerprint density at radius 2 is 1.82 bits per heavy atom. The van der Waals surface area contributed by atoms with Gasteiger partial charge in [-0.25, -0.2) is 0 Å². The molecule has 3 rings (SSSR count). The number of nitrogens with zero attached hydrogens (tertiary/aromatic N) is 4. The third kappa shape index (κ3) is 3.69. The number of benzene rings is 2. The lowest BCUT2D eigenvalue weighted by Crippen LogP contribution is -2.15. The molecule has 22 heavy (non-hydrogen) atoms. The zero-order chi connectivity index (χ0) is 15.2. The summed E-state index contributed by atoms with van der Waals surface area (Å²) in [4.78, 5) is 1.50. The Morgan fingerprint density at radius 3 is 2.55 bits per heavy atom. The van der Waals surface area contributed by atoms with Gasteiger partial charge in [-0.3, -0.25) is 0 Å². The van der Waals surface area contributed by atoms with Crippen LogP contribution in [0.15, 0.2) is 60.9 Å². The molecule has 0 spiro atoms. The second-order valence-electron chi connectivity index (χ2n) is 4.80. The summed E-state index contributed by atoms with van der Waals surface area (Å²) in [6.07, 6.45) is 1.16. The number of ether oxygens (including phenoxy) is 1. The number of aromatic nitrogens is 4. The van der Waals surface area contributed by atoms with Gasteiger partial charge in [0.15, 0.2) is 6.33 Å². The Bertz CT molecular complexity index is 703. The highest BCUT2D eigenvalue weighted by atomic mass is 35.5. The minimum Gasteiger partial charge on any atom is -0.367 e. The zero-order valence-corrected chi connectivity index (χ0v) is 12.6. The fourth-order valence-electron chi connectivity index (χ4n) is 2.17. The van der Waals surface area contributed by atoms with E-state index in [2.05, 4.69) is 15.4 Å². The fourth-order valence-corrected chi connectivity index (χ4v) is 2.43. The SMILES string of the molecule is Clc1ccccc1[C@H](Cn1ncnn1)OCc1ccccc1. The first kappa shape index (κ1) is 14.7. The predicted molar refractivity (Wildman–Crippen MR) is 83.2 cm³/mol. The number of tetrazole rings is 1. The van der Waals surface area contributed by atoms with Gasteiger partial charge in [0, 0.05) is 10.6 Å². The second-order valence-corrected chi connectivity index (χ2v) is 5.20. The van der Waals surface area contributed by atoms with Crippen LogP contribution >= 0.6 is 11.6 Å². The maximum Gasteiger partial charge on any atom is 0.162 e. The maximum atomic E-state index is 6.30. The Kier molecular flexibility index (Phi) is 4.78. The van der Waals surface area contributed by atoms with Crippen LogP contribution in [0.4, 0.5) is 0 Å². The first-order chi connectivity index (χ1) is 10.8. The van der Waals surface area contributed by atoms with Crippen molar-refractivity contribution in [3.63, 3.8) is 0 Å². The molecule has 1 atom stereocenters. The fraction of sp³-hybridized carbons (Fsp3) is 0.188. The normalized spacial score (nSPS) is 12.2. The molecule has 2 aromatic carbocycles. The summed E-state index contributed by atoms with van der Waals surface area (Å²) in [7, 11) is 0.